The fourth-order valence-electron chi connectivity index (χ4n) is 5.64. The van der Waals surface area contributed by atoms with Crippen LogP contribution >= 0.6 is 0 Å². The van der Waals surface area contributed by atoms with E-state index in [4.69, 9.17) is 14.2 Å². The molecule has 20 heavy (non-hydrogen) atoms. The molecule has 2 saturated heterocycles. The molecule has 0 aromatic carbocycles. The van der Waals surface area contributed by atoms with Gasteiger partial charge in [-0.2, -0.15) is 0 Å². The van der Waals surface area contributed by atoms with Gasteiger partial charge in [0.25, 0.3) is 0 Å². The van der Waals surface area contributed by atoms with E-state index in [9.17, 15) is 4.79 Å². The number of hydrogen-bond donors (Lipinski definition) is 0. The van der Waals surface area contributed by atoms with Crippen molar-refractivity contribution in [3.8, 4) is 0 Å². The van der Waals surface area contributed by atoms with E-state index < -0.39 is 11.4 Å². The number of Topliss-reactive ketones (excluding diaryl/α,β-unsaturated/α-hetero) is 1. The molecule has 0 N–H and O–H groups in total. The van der Waals surface area contributed by atoms with Crippen molar-refractivity contribution in [2.24, 2.45) is 17.3 Å². The highest BCUT2D eigenvalue weighted by atomic mass is 16.7. The molecule has 5 fully saturated rings. The van der Waals surface area contributed by atoms with Crippen LogP contribution in [0, 0.1) is 17.3 Å². The third-order valence-electron chi connectivity index (χ3n) is 6.73. The fraction of sp³-hybridized carbons (Fsp3) is 0.812. The van der Waals surface area contributed by atoms with Crippen molar-refractivity contribution in [1.82, 2.24) is 0 Å². The average molecular weight is 276 g/mol. The van der Waals surface area contributed by atoms with Gasteiger partial charge in [0.05, 0.1) is 13.2 Å². The summed E-state index contributed by atoms with van der Waals surface area (Å²) in [5.74, 6) is -0.0418. The number of ether oxygens (including phenoxy) is 3. The van der Waals surface area contributed by atoms with Gasteiger partial charge in [0.15, 0.2) is 17.2 Å². The van der Waals surface area contributed by atoms with Crippen molar-refractivity contribution >= 4 is 5.78 Å². The Kier molecular flexibility index (Phi) is 1.74. The molecule has 2 aliphatic heterocycles. The molecule has 5 rings (SSSR count). The number of fused-ring (bicyclic) bond motifs is 2. The third-order valence-corrected chi connectivity index (χ3v) is 6.73. The maximum Gasteiger partial charge on any atom is 0.177 e. The van der Waals surface area contributed by atoms with Crippen LogP contribution in [-0.2, 0) is 19.0 Å². The molecule has 2 heterocycles. The molecule has 0 amide bonds. The largest absolute Gasteiger partial charge is 0.349 e. The molecule has 2 bridgehead atoms. The predicted octanol–water partition coefficient (Wildman–Crippen LogP) is 1.83. The first-order valence-electron chi connectivity index (χ1n) is 7.59. The molecule has 5 aliphatic rings. The van der Waals surface area contributed by atoms with Crippen LogP contribution in [-0.4, -0.2) is 36.0 Å². The second kappa shape index (κ2) is 2.92. The molecule has 0 unspecified atom stereocenters. The summed E-state index contributed by atoms with van der Waals surface area (Å²) in [5.41, 5.74) is 0.0255. The Bertz CT molecular complexity index is 559. The van der Waals surface area contributed by atoms with E-state index in [2.05, 4.69) is 20.4 Å². The van der Waals surface area contributed by atoms with Gasteiger partial charge >= 0.3 is 0 Å². The second-order valence-electron chi connectivity index (χ2n) is 7.76. The smallest absolute Gasteiger partial charge is 0.177 e. The van der Waals surface area contributed by atoms with Crippen LogP contribution in [0.15, 0.2) is 12.2 Å². The molecule has 3 aliphatic carbocycles. The molecule has 1 spiro atoms. The molecule has 4 nitrogen and oxygen atoms in total. The standard InChI is InChI=1S/C16H20O4/c1-9-6-15-11-8-14(18-4-5-19-14)7-10(13(11,2)3)12(17)16(9,15)20-15/h10-11H,1,4-8H2,2-3H3/t10-,11-,15+,16-/m1/s1. The van der Waals surface area contributed by atoms with Crippen molar-refractivity contribution in [2.75, 3.05) is 13.2 Å². The minimum Gasteiger partial charge on any atom is -0.349 e. The summed E-state index contributed by atoms with van der Waals surface area (Å²) >= 11 is 0. The number of hydrogen-bond acceptors (Lipinski definition) is 4. The SMILES string of the molecule is C=C1C[C@@]23O[C@@]12C(=O)[C@H]1CC2(C[C@@H]3C1(C)C)OCCO2. The third kappa shape index (κ3) is 0.929. The first kappa shape index (κ1) is 11.9. The minimum absolute atomic E-state index is 0.0433. The van der Waals surface area contributed by atoms with Crippen LogP contribution in [0.2, 0.25) is 0 Å². The number of epoxide rings is 1. The average Bonchev–Trinajstić information content (AvgIpc) is 2.73. The van der Waals surface area contributed by atoms with Gasteiger partial charge in [0, 0.05) is 31.1 Å². The fourth-order valence-corrected chi connectivity index (χ4v) is 5.64. The van der Waals surface area contributed by atoms with E-state index in [0.717, 1.165) is 18.4 Å². The number of carbonyl (C=O) groups is 1. The van der Waals surface area contributed by atoms with Gasteiger partial charge in [-0.25, -0.2) is 0 Å². The van der Waals surface area contributed by atoms with Crippen LogP contribution in [0.1, 0.15) is 33.1 Å². The van der Waals surface area contributed by atoms with Crippen molar-refractivity contribution in [3.63, 3.8) is 0 Å². The van der Waals surface area contributed by atoms with Crippen LogP contribution in [0.3, 0.4) is 0 Å². The molecule has 108 valence electrons. The molecule has 0 radical (unpaired) electrons. The number of ketones is 1. The number of carbonyl (C=O) groups excluding carboxylic acids is 1. The predicted molar refractivity (Wildman–Crippen MR) is 69.9 cm³/mol. The highest BCUT2D eigenvalue weighted by Gasteiger charge is 2.91. The Labute approximate surface area is 118 Å². The quantitative estimate of drug-likeness (QED) is 0.500. The van der Waals surface area contributed by atoms with Gasteiger partial charge in [-0.3, -0.25) is 4.79 Å². The Morgan fingerprint density at radius 2 is 1.90 bits per heavy atom. The van der Waals surface area contributed by atoms with Crippen molar-refractivity contribution in [2.45, 2.75) is 50.1 Å². The molecular weight excluding hydrogens is 256 g/mol. The van der Waals surface area contributed by atoms with Gasteiger partial charge < -0.3 is 14.2 Å². The van der Waals surface area contributed by atoms with E-state index in [0.29, 0.717) is 25.6 Å². The zero-order valence-corrected chi connectivity index (χ0v) is 12.0. The Balaban J connectivity index is 1.64. The van der Waals surface area contributed by atoms with Gasteiger partial charge in [-0.1, -0.05) is 20.4 Å². The Morgan fingerprint density at radius 3 is 2.55 bits per heavy atom. The molecule has 4 atom stereocenters. The summed E-state index contributed by atoms with van der Waals surface area (Å²) in [6.07, 6.45) is 2.35. The van der Waals surface area contributed by atoms with Gasteiger partial charge in [-0.15, -0.1) is 0 Å². The lowest BCUT2D eigenvalue weighted by atomic mass is 9.43. The second-order valence-corrected chi connectivity index (χ2v) is 7.76. The normalized spacial score (nSPS) is 53.3. The van der Waals surface area contributed by atoms with Crippen LogP contribution in [0.4, 0.5) is 0 Å². The molecular formula is C16H20O4. The Morgan fingerprint density at radius 1 is 1.20 bits per heavy atom. The summed E-state index contributed by atoms with van der Waals surface area (Å²) in [6.45, 7) is 9.76. The maximum atomic E-state index is 13.0. The lowest BCUT2D eigenvalue weighted by Crippen LogP contribution is -2.67. The van der Waals surface area contributed by atoms with Crippen LogP contribution in [0.5, 0.6) is 0 Å². The first-order chi connectivity index (χ1) is 9.38. The van der Waals surface area contributed by atoms with Gasteiger partial charge in [0.2, 0.25) is 0 Å². The molecule has 0 aromatic rings. The van der Waals surface area contributed by atoms with E-state index >= 15 is 0 Å². The summed E-state index contributed by atoms with van der Waals surface area (Å²) in [6, 6.07) is 0. The summed E-state index contributed by atoms with van der Waals surface area (Å²) in [5, 5.41) is 0. The lowest BCUT2D eigenvalue weighted by molar-refractivity contribution is -0.233. The summed E-state index contributed by atoms with van der Waals surface area (Å²) < 4.78 is 17.9. The molecule has 0 aromatic heterocycles. The minimum atomic E-state index is -0.627. The summed E-state index contributed by atoms with van der Waals surface area (Å²) in [7, 11) is 0. The van der Waals surface area contributed by atoms with Crippen molar-refractivity contribution < 1.29 is 19.0 Å². The lowest BCUT2D eigenvalue weighted by Gasteiger charge is -2.58. The van der Waals surface area contributed by atoms with E-state index in [-0.39, 0.29) is 22.7 Å². The van der Waals surface area contributed by atoms with Crippen molar-refractivity contribution in [1.29, 1.82) is 0 Å². The highest BCUT2D eigenvalue weighted by Crippen LogP contribution is 2.79. The zero-order valence-electron chi connectivity index (χ0n) is 12.0. The monoisotopic (exact) mass is 276 g/mol. The molecule has 4 heteroatoms. The highest BCUT2D eigenvalue weighted by molar-refractivity contribution is 6.02. The van der Waals surface area contributed by atoms with Crippen LogP contribution in [0.25, 0.3) is 0 Å². The molecule has 3 saturated carbocycles. The van der Waals surface area contributed by atoms with Gasteiger partial charge in [0.1, 0.15) is 5.60 Å². The Hall–Kier alpha value is -0.710. The maximum absolute atomic E-state index is 13.0. The van der Waals surface area contributed by atoms with Crippen LogP contribution < -0.4 is 0 Å². The van der Waals surface area contributed by atoms with Gasteiger partial charge in [-0.05, 0) is 11.0 Å². The van der Waals surface area contributed by atoms with E-state index in [1.165, 1.54) is 0 Å². The number of rotatable bonds is 0. The van der Waals surface area contributed by atoms with E-state index in [1.807, 2.05) is 0 Å². The topological polar surface area (TPSA) is 48.1 Å². The van der Waals surface area contributed by atoms with E-state index in [1.54, 1.807) is 0 Å². The summed E-state index contributed by atoms with van der Waals surface area (Å²) in [4.78, 5) is 13.0. The first-order valence-corrected chi connectivity index (χ1v) is 7.59. The van der Waals surface area contributed by atoms with Crippen molar-refractivity contribution in [3.05, 3.63) is 12.2 Å². The zero-order chi connectivity index (χ0) is 14.0.